The molecule has 188 valence electrons. The number of carbonyl (C=O) groups excluding carboxylic acids is 3. The largest absolute Gasteiger partial charge is 0.462 e. The lowest BCUT2D eigenvalue weighted by Crippen LogP contribution is -2.37. The second-order valence-electron chi connectivity index (χ2n) is 8.74. The predicted octanol–water partition coefficient (Wildman–Crippen LogP) is 4.13. The molecule has 0 saturated carbocycles. The van der Waals surface area contributed by atoms with Crippen molar-refractivity contribution in [3.05, 3.63) is 99.6 Å². The molecular weight excluding hydrogens is 478 g/mol. The van der Waals surface area contributed by atoms with E-state index < -0.39 is 40.8 Å². The minimum atomic E-state index is -1.12. The van der Waals surface area contributed by atoms with Gasteiger partial charge in [0.1, 0.15) is 5.92 Å². The Morgan fingerprint density at radius 3 is 2.43 bits per heavy atom. The second kappa shape index (κ2) is 9.47. The molecule has 3 atom stereocenters. The van der Waals surface area contributed by atoms with Gasteiger partial charge in [-0.05, 0) is 55.3 Å². The SMILES string of the molecule is CCOC(=O)c1ccc(N2C(=O)C3ON(c4ccccc4C)C(c4cccc([N+](=O)[O-])c4)C3C2=O)cc1. The molecule has 3 aromatic carbocycles. The van der Waals surface area contributed by atoms with Gasteiger partial charge in [-0.2, -0.15) is 0 Å². The van der Waals surface area contributed by atoms with E-state index >= 15 is 0 Å². The number of ether oxygens (including phenoxy) is 1. The van der Waals surface area contributed by atoms with Gasteiger partial charge in [0, 0.05) is 12.1 Å². The van der Waals surface area contributed by atoms with Crippen LogP contribution < -0.4 is 9.96 Å². The van der Waals surface area contributed by atoms with Gasteiger partial charge in [-0.15, -0.1) is 0 Å². The van der Waals surface area contributed by atoms with E-state index in [1.807, 2.05) is 31.2 Å². The molecule has 37 heavy (non-hydrogen) atoms. The van der Waals surface area contributed by atoms with Gasteiger partial charge < -0.3 is 4.74 Å². The van der Waals surface area contributed by atoms with Crippen LogP contribution >= 0.6 is 0 Å². The summed E-state index contributed by atoms with van der Waals surface area (Å²) in [6.45, 7) is 3.80. The fourth-order valence-electron chi connectivity index (χ4n) is 4.81. The first-order chi connectivity index (χ1) is 17.8. The molecule has 3 unspecified atom stereocenters. The first-order valence-corrected chi connectivity index (χ1v) is 11.7. The Bertz CT molecular complexity index is 1410. The number of benzene rings is 3. The number of hydrogen-bond donors (Lipinski definition) is 0. The number of para-hydroxylation sites is 1. The van der Waals surface area contributed by atoms with Crippen molar-refractivity contribution in [3.8, 4) is 0 Å². The Labute approximate surface area is 212 Å². The van der Waals surface area contributed by atoms with Gasteiger partial charge in [-0.3, -0.25) is 24.5 Å². The molecule has 10 heteroatoms. The lowest BCUT2D eigenvalue weighted by Gasteiger charge is -2.29. The maximum atomic E-state index is 13.8. The van der Waals surface area contributed by atoms with Gasteiger partial charge >= 0.3 is 5.97 Å². The van der Waals surface area contributed by atoms with E-state index in [0.29, 0.717) is 22.5 Å². The van der Waals surface area contributed by atoms with Crippen molar-refractivity contribution < 1.29 is 28.9 Å². The van der Waals surface area contributed by atoms with Crippen molar-refractivity contribution in [2.75, 3.05) is 16.6 Å². The first kappa shape index (κ1) is 24.1. The van der Waals surface area contributed by atoms with E-state index in [1.165, 1.54) is 41.5 Å². The van der Waals surface area contributed by atoms with Crippen LogP contribution in [0.1, 0.15) is 34.5 Å². The number of non-ortho nitro benzene ring substituents is 1. The Morgan fingerprint density at radius 1 is 1.03 bits per heavy atom. The minimum Gasteiger partial charge on any atom is -0.462 e. The summed E-state index contributed by atoms with van der Waals surface area (Å²) in [7, 11) is 0. The molecule has 2 amide bonds. The zero-order valence-corrected chi connectivity index (χ0v) is 20.1. The van der Waals surface area contributed by atoms with Gasteiger partial charge in [0.05, 0.1) is 34.5 Å². The molecule has 0 N–H and O–H groups in total. The van der Waals surface area contributed by atoms with Crippen LogP contribution in [0.15, 0.2) is 72.8 Å². The van der Waals surface area contributed by atoms with Crippen molar-refractivity contribution in [1.82, 2.24) is 0 Å². The quantitative estimate of drug-likeness (QED) is 0.214. The standard InChI is InChI=1S/C27H23N3O7/c1-3-36-27(33)17-11-13-19(14-12-17)28-25(31)22-23(18-8-6-9-20(15-18)30(34)35)29(37-24(22)26(28)32)21-10-5-4-7-16(21)2/h4-15,22-24H,3H2,1-2H3. The third-order valence-electron chi connectivity index (χ3n) is 6.53. The first-order valence-electron chi connectivity index (χ1n) is 11.7. The minimum absolute atomic E-state index is 0.131. The summed E-state index contributed by atoms with van der Waals surface area (Å²) in [5.41, 5.74) is 2.44. The van der Waals surface area contributed by atoms with Gasteiger partial charge in [0.2, 0.25) is 5.91 Å². The van der Waals surface area contributed by atoms with Crippen LogP contribution in [0.4, 0.5) is 17.1 Å². The highest BCUT2D eigenvalue weighted by Crippen LogP contribution is 2.48. The number of hydroxylamine groups is 1. The van der Waals surface area contributed by atoms with E-state index in [1.54, 1.807) is 19.1 Å². The summed E-state index contributed by atoms with van der Waals surface area (Å²) < 4.78 is 4.99. The highest BCUT2D eigenvalue weighted by molar-refractivity contribution is 6.24. The van der Waals surface area contributed by atoms with E-state index in [-0.39, 0.29) is 12.3 Å². The number of esters is 1. The van der Waals surface area contributed by atoms with Crippen LogP contribution in [0.3, 0.4) is 0 Å². The number of fused-ring (bicyclic) bond motifs is 1. The molecule has 0 aliphatic carbocycles. The van der Waals surface area contributed by atoms with Crippen LogP contribution in [-0.4, -0.2) is 35.4 Å². The molecule has 2 heterocycles. The number of anilines is 2. The summed E-state index contributed by atoms with van der Waals surface area (Å²) in [4.78, 5) is 57.4. The van der Waals surface area contributed by atoms with E-state index in [2.05, 4.69) is 0 Å². The zero-order valence-electron chi connectivity index (χ0n) is 20.1. The molecule has 0 spiro atoms. The van der Waals surface area contributed by atoms with E-state index in [0.717, 1.165) is 10.5 Å². The molecule has 10 nitrogen and oxygen atoms in total. The monoisotopic (exact) mass is 501 g/mol. The van der Waals surface area contributed by atoms with Gasteiger partial charge in [-0.25, -0.2) is 14.8 Å². The number of aryl methyl sites for hydroxylation is 1. The molecule has 3 aromatic rings. The summed E-state index contributed by atoms with van der Waals surface area (Å²) in [6, 6.07) is 18.5. The maximum Gasteiger partial charge on any atom is 0.338 e. The summed E-state index contributed by atoms with van der Waals surface area (Å²) >= 11 is 0. The smallest absolute Gasteiger partial charge is 0.338 e. The lowest BCUT2D eigenvalue weighted by atomic mass is 9.90. The third kappa shape index (κ3) is 4.11. The number of rotatable bonds is 6. The van der Waals surface area contributed by atoms with Crippen LogP contribution in [-0.2, 0) is 19.2 Å². The van der Waals surface area contributed by atoms with Crippen molar-refractivity contribution in [1.29, 1.82) is 0 Å². The van der Waals surface area contributed by atoms with E-state index in [9.17, 15) is 24.5 Å². The topological polar surface area (TPSA) is 119 Å². The molecule has 0 bridgehead atoms. The number of amides is 2. The van der Waals surface area contributed by atoms with Crippen LogP contribution in [0.5, 0.6) is 0 Å². The molecule has 0 aromatic heterocycles. The van der Waals surface area contributed by atoms with Gasteiger partial charge in [0.15, 0.2) is 6.10 Å². The second-order valence-corrected chi connectivity index (χ2v) is 8.74. The molecule has 2 aliphatic heterocycles. The summed E-state index contributed by atoms with van der Waals surface area (Å²) in [6.07, 6.45) is -1.12. The summed E-state index contributed by atoms with van der Waals surface area (Å²) in [5.74, 6) is -2.50. The average molecular weight is 501 g/mol. The maximum absolute atomic E-state index is 13.8. The number of imide groups is 1. The highest BCUT2D eigenvalue weighted by Gasteiger charge is 2.60. The Hall–Kier alpha value is -4.57. The Kier molecular flexibility index (Phi) is 6.18. The van der Waals surface area contributed by atoms with Crippen LogP contribution in [0.25, 0.3) is 0 Å². The van der Waals surface area contributed by atoms with E-state index in [4.69, 9.17) is 9.57 Å². The number of nitro groups is 1. The number of nitro benzene ring substituents is 1. The van der Waals surface area contributed by atoms with Crippen molar-refractivity contribution >= 4 is 34.8 Å². The molecule has 2 fully saturated rings. The molecular formula is C27H23N3O7. The fourth-order valence-corrected chi connectivity index (χ4v) is 4.81. The Morgan fingerprint density at radius 2 is 1.76 bits per heavy atom. The normalized spacial score (nSPS) is 20.8. The zero-order chi connectivity index (χ0) is 26.3. The predicted molar refractivity (Wildman–Crippen MR) is 133 cm³/mol. The molecule has 5 rings (SSSR count). The van der Waals surface area contributed by atoms with Crippen molar-refractivity contribution in [2.24, 2.45) is 5.92 Å². The summed E-state index contributed by atoms with van der Waals surface area (Å²) in [5, 5.41) is 13.0. The van der Waals surface area contributed by atoms with Gasteiger partial charge in [-0.1, -0.05) is 30.3 Å². The number of carbonyl (C=O) groups is 3. The lowest BCUT2D eigenvalue weighted by molar-refractivity contribution is -0.384. The third-order valence-corrected chi connectivity index (χ3v) is 6.53. The molecule has 0 radical (unpaired) electrons. The fraction of sp³-hybridized carbons (Fsp3) is 0.222. The van der Waals surface area contributed by atoms with Crippen molar-refractivity contribution in [2.45, 2.75) is 26.0 Å². The Balaban J connectivity index is 1.55. The number of nitrogens with zero attached hydrogens (tertiary/aromatic N) is 3. The average Bonchev–Trinajstić information content (AvgIpc) is 3.40. The number of hydrogen-bond acceptors (Lipinski definition) is 8. The van der Waals surface area contributed by atoms with Crippen LogP contribution in [0, 0.1) is 23.0 Å². The van der Waals surface area contributed by atoms with Crippen molar-refractivity contribution in [3.63, 3.8) is 0 Å². The molecule has 2 saturated heterocycles. The van der Waals surface area contributed by atoms with Gasteiger partial charge in [0.25, 0.3) is 11.6 Å². The highest BCUT2D eigenvalue weighted by atomic mass is 16.7. The van der Waals surface area contributed by atoms with Crippen LogP contribution in [0.2, 0.25) is 0 Å². The molecule has 2 aliphatic rings.